The number of benzene rings is 2. The Balaban J connectivity index is 1.89. The fourth-order valence-corrected chi connectivity index (χ4v) is 3.12. The number of halogens is 1. The molecule has 1 N–H and O–H groups in total. The lowest BCUT2D eigenvalue weighted by Crippen LogP contribution is -2.30. The third-order valence-electron chi connectivity index (χ3n) is 4.24. The van der Waals surface area contributed by atoms with Gasteiger partial charge in [0.25, 0.3) is 5.56 Å². The molecular weight excluding hydrogens is 368 g/mol. The van der Waals surface area contributed by atoms with Crippen LogP contribution in [0.15, 0.2) is 64.3 Å². The fraction of sp³-hybridized carbons (Fsp3) is 0.105. The lowest BCUT2D eigenvalue weighted by Gasteiger charge is -2.11. The Morgan fingerprint density at radius 1 is 1.11 bits per heavy atom. The van der Waals surface area contributed by atoms with E-state index in [4.69, 9.17) is 16.3 Å². The van der Waals surface area contributed by atoms with E-state index in [0.29, 0.717) is 5.82 Å². The van der Waals surface area contributed by atoms with E-state index in [9.17, 15) is 9.59 Å². The smallest absolute Gasteiger partial charge is 0.328 e. The monoisotopic (exact) mass is 382 g/mol. The molecule has 0 saturated carbocycles. The first-order valence-electron chi connectivity index (χ1n) is 8.17. The molecule has 2 heterocycles. The maximum absolute atomic E-state index is 12.1. The summed E-state index contributed by atoms with van der Waals surface area (Å²) in [5.41, 5.74) is 1.43. The van der Waals surface area contributed by atoms with Crippen LogP contribution in [0, 0.1) is 0 Å². The number of ether oxygens (including phenoxy) is 1. The minimum atomic E-state index is -0.610. The SMILES string of the molecule is COc1ccc(-n2c(Cn3cc(Cl)c(=O)[nH]c3=O)nc3ccccc32)cc1. The molecule has 2 aromatic carbocycles. The van der Waals surface area contributed by atoms with Crippen molar-refractivity contribution >= 4 is 22.6 Å². The molecule has 2 aromatic heterocycles. The molecule has 0 amide bonds. The topological polar surface area (TPSA) is 81.9 Å². The molecule has 0 bridgehead atoms. The van der Waals surface area contributed by atoms with E-state index in [1.54, 1.807) is 7.11 Å². The summed E-state index contributed by atoms with van der Waals surface area (Å²) < 4.78 is 8.50. The van der Waals surface area contributed by atoms with Gasteiger partial charge in [-0.3, -0.25) is 18.9 Å². The first kappa shape index (κ1) is 17.1. The van der Waals surface area contributed by atoms with E-state index in [1.165, 1.54) is 10.8 Å². The number of H-pyrrole nitrogens is 1. The van der Waals surface area contributed by atoms with E-state index in [-0.39, 0.29) is 11.6 Å². The average molecular weight is 383 g/mol. The molecule has 4 rings (SSSR count). The van der Waals surface area contributed by atoms with Crippen molar-refractivity contribution < 1.29 is 4.74 Å². The van der Waals surface area contributed by atoms with Crippen molar-refractivity contribution in [2.24, 2.45) is 0 Å². The summed E-state index contributed by atoms with van der Waals surface area (Å²) in [6.07, 6.45) is 1.32. The van der Waals surface area contributed by atoms with Gasteiger partial charge in [0.2, 0.25) is 0 Å². The summed E-state index contributed by atoms with van der Waals surface area (Å²) in [5.74, 6) is 1.37. The molecule has 0 aliphatic rings. The molecular formula is C19H15ClN4O3. The van der Waals surface area contributed by atoms with Crippen LogP contribution in [0.3, 0.4) is 0 Å². The van der Waals surface area contributed by atoms with Crippen molar-refractivity contribution in [3.63, 3.8) is 0 Å². The minimum Gasteiger partial charge on any atom is -0.497 e. The second-order valence-electron chi connectivity index (χ2n) is 5.91. The van der Waals surface area contributed by atoms with Crippen LogP contribution in [0.5, 0.6) is 5.75 Å². The highest BCUT2D eigenvalue weighted by Crippen LogP contribution is 2.23. The van der Waals surface area contributed by atoms with Crippen LogP contribution in [0.25, 0.3) is 16.7 Å². The highest BCUT2D eigenvalue weighted by Gasteiger charge is 2.14. The van der Waals surface area contributed by atoms with Gasteiger partial charge in [0, 0.05) is 11.9 Å². The Bertz CT molecular complexity index is 1240. The Morgan fingerprint density at radius 2 is 1.85 bits per heavy atom. The van der Waals surface area contributed by atoms with Crippen molar-refractivity contribution in [3.8, 4) is 11.4 Å². The van der Waals surface area contributed by atoms with Crippen LogP contribution in [0.2, 0.25) is 5.02 Å². The quantitative estimate of drug-likeness (QED) is 0.588. The zero-order valence-electron chi connectivity index (χ0n) is 14.3. The summed E-state index contributed by atoms with van der Waals surface area (Å²) >= 11 is 5.88. The number of imidazole rings is 1. The number of nitrogens with zero attached hydrogens (tertiary/aromatic N) is 3. The van der Waals surface area contributed by atoms with Gasteiger partial charge in [-0.2, -0.15) is 0 Å². The van der Waals surface area contributed by atoms with Crippen molar-refractivity contribution in [3.05, 3.63) is 86.4 Å². The summed E-state index contributed by atoms with van der Waals surface area (Å²) in [6.45, 7) is 0.149. The molecule has 27 heavy (non-hydrogen) atoms. The van der Waals surface area contributed by atoms with Crippen molar-refractivity contribution in [2.75, 3.05) is 7.11 Å². The number of nitrogens with one attached hydrogen (secondary N) is 1. The number of methoxy groups -OCH3 is 1. The maximum atomic E-state index is 12.1. The van der Waals surface area contributed by atoms with Gasteiger partial charge in [-0.1, -0.05) is 23.7 Å². The van der Waals surface area contributed by atoms with Gasteiger partial charge in [0.1, 0.15) is 16.6 Å². The van der Waals surface area contributed by atoms with Gasteiger partial charge in [-0.25, -0.2) is 9.78 Å². The van der Waals surface area contributed by atoms with Gasteiger partial charge in [-0.05, 0) is 36.4 Å². The van der Waals surface area contributed by atoms with Crippen LogP contribution in [0.4, 0.5) is 0 Å². The fourth-order valence-electron chi connectivity index (χ4n) is 2.95. The molecule has 7 nitrogen and oxygen atoms in total. The van der Waals surface area contributed by atoms with E-state index >= 15 is 0 Å². The number of hydrogen-bond acceptors (Lipinski definition) is 4. The predicted molar refractivity (Wildman–Crippen MR) is 103 cm³/mol. The van der Waals surface area contributed by atoms with Gasteiger partial charge < -0.3 is 4.74 Å². The summed E-state index contributed by atoms with van der Waals surface area (Å²) in [4.78, 5) is 30.5. The Morgan fingerprint density at radius 3 is 2.59 bits per heavy atom. The second-order valence-corrected chi connectivity index (χ2v) is 6.32. The lowest BCUT2D eigenvalue weighted by molar-refractivity contribution is 0.414. The van der Waals surface area contributed by atoms with E-state index < -0.39 is 11.2 Å². The number of rotatable bonds is 4. The largest absolute Gasteiger partial charge is 0.497 e. The molecule has 0 aliphatic carbocycles. The van der Waals surface area contributed by atoms with Crippen molar-refractivity contribution in [1.29, 1.82) is 0 Å². The molecule has 0 unspecified atom stereocenters. The van der Waals surface area contributed by atoms with E-state index in [2.05, 4.69) is 9.97 Å². The third kappa shape index (κ3) is 3.13. The normalized spacial score (nSPS) is 11.0. The number of hydrogen-bond donors (Lipinski definition) is 1. The van der Waals surface area contributed by atoms with Crippen molar-refractivity contribution in [1.82, 2.24) is 19.1 Å². The molecule has 0 spiro atoms. The van der Waals surface area contributed by atoms with Gasteiger partial charge in [0.05, 0.1) is 24.7 Å². The highest BCUT2D eigenvalue weighted by molar-refractivity contribution is 6.30. The van der Waals surface area contributed by atoms with Crippen LogP contribution in [-0.4, -0.2) is 26.2 Å². The number of aromatic amines is 1. The molecule has 0 atom stereocenters. The Hall–Kier alpha value is -3.32. The second kappa shape index (κ2) is 6.77. The molecule has 0 fully saturated rings. The Labute approximate surface area is 158 Å². The van der Waals surface area contributed by atoms with Crippen LogP contribution >= 0.6 is 11.6 Å². The standard InChI is InChI=1S/C19H15ClN4O3/c1-27-13-8-6-12(7-9-13)24-16-5-3-2-4-15(16)21-17(24)11-23-10-14(20)18(25)22-19(23)26/h2-10H,11H2,1H3,(H,22,25,26). The summed E-state index contributed by atoms with van der Waals surface area (Å²) in [6, 6.07) is 15.2. The summed E-state index contributed by atoms with van der Waals surface area (Å²) in [5, 5.41) is -0.0540. The zero-order valence-corrected chi connectivity index (χ0v) is 15.1. The lowest BCUT2D eigenvalue weighted by atomic mass is 10.2. The Kier molecular flexibility index (Phi) is 4.29. The first-order chi connectivity index (χ1) is 13.1. The van der Waals surface area contributed by atoms with E-state index in [1.807, 2.05) is 53.1 Å². The highest BCUT2D eigenvalue weighted by atomic mass is 35.5. The van der Waals surface area contributed by atoms with Crippen LogP contribution in [0.1, 0.15) is 5.82 Å². The van der Waals surface area contributed by atoms with Crippen LogP contribution < -0.4 is 16.0 Å². The molecule has 0 radical (unpaired) electrons. The maximum Gasteiger partial charge on any atom is 0.328 e. The molecule has 4 aromatic rings. The zero-order chi connectivity index (χ0) is 19.0. The number of fused-ring (bicyclic) bond motifs is 1. The third-order valence-corrected chi connectivity index (χ3v) is 4.51. The average Bonchev–Trinajstić information content (AvgIpc) is 3.04. The van der Waals surface area contributed by atoms with Gasteiger partial charge >= 0.3 is 5.69 Å². The number of para-hydroxylation sites is 2. The van der Waals surface area contributed by atoms with Gasteiger partial charge in [-0.15, -0.1) is 0 Å². The molecule has 8 heteroatoms. The molecule has 0 saturated heterocycles. The van der Waals surface area contributed by atoms with Gasteiger partial charge in [0.15, 0.2) is 0 Å². The van der Waals surface area contributed by atoms with Crippen molar-refractivity contribution in [2.45, 2.75) is 6.54 Å². The predicted octanol–water partition coefficient (Wildman–Crippen LogP) is 2.59. The molecule has 136 valence electrons. The summed E-state index contributed by atoms with van der Waals surface area (Å²) in [7, 11) is 1.61. The first-order valence-corrected chi connectivity index (χ1v) is 8.54. The minimum absolute atomic E-state index is 0.0540. The van der Waals surface area contributed by atoms with Crippen LogP contribution in [-0.2, 0) is 6.54 Å². The molecule has 0 aliphatic heterocycles. The number of aromatic nitrogens is 4. The van der Waals surface area contributed by atoms with E-state index in [0.717, 1.165) is 22.5 Å².